The summed E-state index contributed by atoms with van der Waals surface area (Å²) in [4.78, 5) is 84.8. The molecule has 0 saturated carbocycles. The van der Waals surface area contributed by atoms with Crippen LogP contribution in [0.1, 0.15) is 75.5 Å². The predicted octanol–water partition coefficient (Wildman–Crippen LogP) is 2.44. The van der Waals surface area contributed by atoms with Gasteiger partial charge in [0.1, 0.15) is 37.4 Å². The molecule has 9 N–H and O–H groups in total. The van der Waals surface area contributed by atoms with Gasteiger partial charge in [0.25, 0.3) is 10.0 Å². The number of nitrogens with one attached hydrogen (secondary N) is 5. The van der Waals surface area contributed by atoms with Crippen molar-refractivity contribution in [2.75, 3.05) is 19.6 Å². The fraction of sp³-hybridized carbons (Fsp3) is 0.444. The second-order valence-electron chi connectivity index (χ2n) is 15.7. The van der Waals surface area contributed by atoms with Gasteiger partial charge in [0, 0.05) is 19.6 Å². The average molecular weight is 957 g/mol. The lowest BCUT2D eigenvalue weighted by atomic mass is 10.1. The number of benzene rings is 3. The van der Waals surface area contributed by atoms with Gasteiger partial charge < -0.3 is 47.1 Å². The second kappa shape index (κ2) is 27.3. The number of ether oxygens (including phenoxy) is 2. The topological polar surface area (TPSA) is 283 Å². The third-order valence-corrected chi connectivity index (χ3v) is 11.7. The van der Waals surface area contributed by atoms with Crippen molar-refractivity contribution >= 4 is 64.1 Å². The molecule has 1 heterocycles. The van der Waals surface area contributed by atoms with Crippen LogP contribution in [0.5, 0.6) is 0 Å². The number of carbonyl (C=O) groups is 6. The molecule has 0 spiro atoms. The van der Waals surface area contributed by atoms with Crippen molar-refractivity contribution < 1.29 is 46.7 Å². The van der Waals surface area contributed by atoms with Crippen LogP contribution in [-0.4, -0.2) is 105 Å². The van der Waals surface area contributed by atoms with Gasteiger partial charge >= 0.3 is 12.1 Å². The first-order valence-corrected chi connectivity index (χ1v) is 23.0. The zero-order valence-electron chi connectivity index (χ0n) is 37.4. The van der Waals surface area contributed by atoms with E-state index >= 15 is 0 Å². The number of aryl methyl sites for hydroxylation is 1. The highest BCUT2D eigenvalue weighted by Crippen LogP contribution is 2.20. The fourth-order valence-electron chi connectivity index (χ4n) is 6.69. The largest absolute Gasteiger partial charge is 0.459 e. The zero-order chi connectivity index (χ0) is 47.4. The van der Waals surface area contributed by atoms with Crippen molar-refractivity contribution in [1.29, 1.82) is 0 Å². The van der Waals surface area contributed by atoms with Gasteiger partial charge in [0.05, 0.1) is 10.9 Å². The number of esters is 1. The van der Waals surface area contributed by atoms with E-state index in [0.717, 1.165) is 16.7 Å². The summed E-state index contributed by atoms with van der Waals surface area (Å²) < 4.78 is 38.4. The van der Waals surface area contributed by atoms with Crippen molar-refractivity contribution in [3.05, 3.63) is 102 Å². The van der Waals surface area contributed by atoms with Crippen molar-refractivity contribution in [1.82, 2.24) is 30.9 Å². The Bertz CT molecular complexity index is 2200. The molecule has 66 heavy (non-hydrogen) atoms. The maximum Gasteiger partial charge on any atom is 0.407 e. The van der Waals surface area contributed by atoms with Crippen LogP contribution in [0.2, 0.25) is 0 Å². The Morgan fingerprint density at radius 3 is 2.00 bits per heavy atom. The first-order chi connectivity index (χ1) is 31.0. The normalized spacial score (nSPS) is 15.4. The summed E-state index contributed by atoms with van der Waals surface area (Å²) in [6, 6.07) is 19.2. The molecule has 1 fully saturated rings. The van der Waals surface area contributed by atoms with Gasteiger partial charge in [0.2, 0.25) is 29.6 Å². The number of aliphatic imine (C=N–C) groups is 1. The number of unbranched alkanes of at least 4 members (excludes halogenated alkanes) is 1. The second-order valence-corrected chi connectivity index (χ2v) is 17.4. The molecule has 1 aliphatic rings. The number of rotatable bonds is 23. The lowest BCUT2D eigenvalue weighted by molar-refractivity contribution is -0.149. The molecule has 0 radical (unpaired) electrons. The molecule has 0 aliphatic carbocycles. The Kier molecular flexibility index (Phi) is 22.4. The van der Waals surface area contributed by atoms with E-state index in [-0.39, 0.29) is 81.8 Å². The number of hydrogen-bond donors (Lipinski definition) is 7. The van der Waals surface area contributed by atoms with Crippen LogP contribution in [0.25, 0.3) is 0 Å². The summed E-state index contributed by atoms with van der Waals surface area (Å²) in [5, 5.41) is 10.7. The number of nitrogens with two attached hydrogens (primary N) is 2. The molecular weight excluding hydrogens is 894 g/mol. The number of likely N-dealkylation sites (tertiary alicyclic amines) is 1. The van der Waals surface area contributed by atoms with Crippen molar-refractivity contribution in [3.8, 4) is 0 Å². The molecule has 3 aromatic carbocycles. The van der Waals surface area contributed by atoms with E-state index in [0.29, 0.717) is 19.3 Å². The molecule has 4 rings (SSSR count). The predicted molar refractivity (Wildman–Crippen MR) is 249 cm³/mol. The highest BCUT2D eigenvalue weighted by atomic mass is 35.5. The van der Waals surface area contributed by atoms with Crippen LogP contribution in [0.15, 0.2) is 94.8 Å². The van der Waals surface area contributed by atoms with Gasteiger partial charge in [-0.3, -0.25) is 24.2 Å². The van der Waals surface area contributed by atoms with E-state index in [1.165, 1.54) is 30.9 Å². The first-order valence-electron chi connectivity index (χ1n) is 21.6. The van der Waals surface area contributed by atoms with Crippen molar-refractivity contribution in [2.24, 2.45) is 16.5 Å². The van der Waals surface area contributed by atoms with E-state index < -0.39 is 75.9 Å². The van der Waals surface area contributed by atoms with Crippen LogP contribution >= 0.6 is 12.4 Å². The molecule has 5 amide bonds. The molecule has 0 bridgehead atoms. The summed E-state index contributed by atoms with van der Waals surface area (Å²) in [5.41, 5.74) is 14.1. The number of halogens is 1. The standard InChI is InChI=1S/C45H61N9O10S.ClH/c1-30-21-23-35(24-22-30)65(61,62)53-44(47)48-26-12-19-36(51-39(55)31(2)46)42(58)54-27-13-20-38(54)41(57)50-32(3)40(56)52-37(43(59)63-28-33-14-6-4-7-15-33)18-10-11-25-49-45(60)64-29-34-16-8-5-9-17-34;/h4-9,14-17,21-24,31-32,36-38H,10-13,18-20,25-29,46H2,1-3H3,(H,49,60)(H,50,57)(H,51,55)(H,52,56)(H3,47,48,53);1H/t31-,32-,36-,37-,38-;/m0./s1. The Balaban J connectivity index is 0.0000116. The van der Waals surface area contributed by atoms with E-state index in [1.807, 2.05) is 43.3 Å². The molecule has 1 saturated heterocycles. The van der Waals surface area contributed by atoms with Crippen molar-refractivity contribution in [3.63, 3.8) is 0 Å². The Labute approximate surface area is 392 Å². The smallest absolute Gasteiger partial charge is 0.407 e. The number of hydrogen-bond acceptors (Lipinski definition) is 12. The monoisotopic (exact) mass is 955 g/mol. The minimum absolute atomic E-state index is 0. The third-order valence-electron chi connectivity index (χ3n) is 10.3. The first kappa shape index (κ1) is 54.1. The molecule has 1 aliphatic heterocycles. The number of carbonyl (C=O) groups excluding carboxylic acids is 6. The number of sulfonamides is 1. The minimum atomic E-state index is -3.98. The van der Waals surface area contributed by atoms with Gasteiger partial charge in [-0.15, -0.1) is 12.4 Å². The minimum Gasteiger partial charge on any atom is -0.459 e. The number of amides is 5. The Hall–Kier alpha value is -6.25. The van der Waals surface area contributed by atoms with E-state index in [4.69, 9.17) is 20.9 Å². The summed E-state index contributed by atoms with van der Waals surface area (Å²) >= 11 is 0. The fourth-order valence-corrected chi connectivity index (χ4v) is 7.65. The van der Waals surface area contributed by atoms with E-state index in [9.17, 15) is 37.2 Å². The average Bonchev–Trinajstić information content (AvgIpc) is 3.79. The van der Waals surface area contributed by atoms with E-state index in [2.05, 4.69) is 31.0 Å². The van der Waals surface area contributed by atoms with E-state index in [1.54, 1.807) is 36.4 Å². The van der Waals surface area contributed by atoms with Gasteiger partial charge in [-0.2, -0.15) is 0 Å². The lowest BCUT2D eigenvalue weighted by Gasteiger charge is -2.30. The maximum absolute atomic E-state index is 14.0. The molecule has 0 aromatic heterocycles. The molecule has 5 atom stereocenters. The van der Waals surface area contributed by atoms with Gasteiger partial charge in [0.15, 0.2) is 0 Å². The molecule has 0 unspecified atom stereocenters. The summed E-state index contributed by atoms with van der Waals surface area (Å²) in [6.45, 7) is 5.27. The van der Waals surface area contributed by atoms with Crippen LogP contribution in [0, 0.1) is 6.92 Å². The number of nitrogens with zero attached hydrogens (tertiary/aromatic N) is 2. The van der Waals surface area contributed by atoms with Crippen LogP contribution in [0.3, 0.4) is 0 Å². The lowest BCUT2D eigenvalue weighted by Crippen LogP contribution is -2.57. The molecule has 19 nitrogen and oxygen atoms in total. The zero-order valence-corrected chi connectivity index (χ0v) is 39.0. The molecule has 360 valence electrons. The van der Waals surface area contributed by atoms with Gasteiger partial charge in [-0.25, -0.2) is 22.7 Å². The third kappa shape index (κ3) is 18.0. The summed E-state index contributed by atoms with van der Waals surface area (Å²) in [6.07, 6.45) is 1.45. The van der Waals surface area contributed by atoms with Gasteiger partial charge in [-0.1, -0.05) is 78.4 Å². The Morgan fingerprint density at radius 1 is 0.788 bits per heavy atom. The van der Waals surface area contributed by atoms with Crippen LogP contribution in [0.4, 0.5) is 4.79 Å². The van der Waals surface area contributed by atoms with Crippen LogP contribution < -0.4 is 37.5 Å². The quantitative estimate of drug-likeness (QED) is 0.0313. The Morgan fingerprint density at radius 2 is 1.38 bits per heavy atom. The summed E-state index contributed by atoms with van der Waals surface area (Å²) in [5.74, 6) is -3.46. The van der Waals surface area contributed by atoms with Gasteiger partial charge in [-0.05, 0) is 89.0 Å². The number of alkyl carbamates (subject to hydrolysis) is 1. The molecular formula is C45H62ClN9O10S. The highest BCUT2D eigenvalue weighted by Gasteiger charge is 2.39. The highest BCUT2D eigenvalue weighted by molar-refractivity contribution is 7.90. The number of guanidine groups is 1. The van der Waals surface area contributed by atoms with Crippen LogP contribution in [-0.2, 0) is 56.7 Å². The summed E-state index contributed by atoms with van der Waals surface area (Å²) in [7, 11) is -3.98. The molecule has 21 heteroatoms. The SMILES string of the molecule is Cc1ccc(S(=O)(=O)NC(N)=NCCC[C@H](NC(=O)[C@H](C)N)C(=O)N2CCC[C@H]2C(=O)N[C@@H](C)C(=O)N[C@@H](CCCCNC(=O)OCc2ccccc2)C(=O)OCc2ccccc2)cc1.Cl. The maximum atomic E-state index is 14.0. The molecule has 3 aromatic rings. The van der Waals surface area contributed by atoms with Crippen molar-refractivity contribution in [2.45, 2.75) is 114 Å².